The Labute approximate surface area is 120 Å². The monoisotopic (exact) mass is 286 g/mol. The van der Waals surface area contributed by atoms with E-state index in [2.05, 4.69) is 34.4 Å². The molecule has 0 spiro atoms. The summed E-state index contributed by atoms with van der Waals surface area (Å²) in [5.41, 5.74) is 8.30. The Balaban J connectivity index is 2.03. The summed E-state index contributed by atoms with van der Waals surface area (Å²) in [6.45, 7) is 4.18. The van der Waals surface area contributed by atoms with Crippen molar-refractivity contribution in [3.63, 3.8) is 0 Å². The summed E-state index contributed by atoms with van der Waals surface area (Å²) in [5.74, 6) is 0.352. The van der Waals surface area contributed by atoms with Crippen molar-refractivity contribution in [2.24, 2.45) is 0 Å². The molecule has 3 rings (SSSR count). The number of aromatic nitrogens is 5. The molecular weight excluding hydrogens is 272 g/mol. The molecule has 0 fully saturated rings. The Kier molecular flexibility index (Phi) is 3.19. The molecule has 0 saturated heterocycles. The third kappa shape index (κ3) is 2.27. The molecule has 2 aromatic heterocycles. The van der Waals surface area contributed by atoms with Gasteiger partial charge in [0.05, 0.1) is 11.9 Å². The van der Waals surface area contributed by atoms with Crippen molar-refractivity contribution >= 4 is 17.0 Å². The summed E-state index contributed by atoms with van der Waals surface area (Å²) >= 11 is 1.52. The van der Waals surface area contributed by atoms with Gasteiger partial charge in [-0.25, -0.2) is 0 Å². The molecule has 6 nitrogen and oxygen atoms in total. The molecule has 0 saturated carbocycles. The highest BCUT2D eigenvalue weighted by atomic mass is 32.1. The quantitative estimate of drug-likeness (QED) is 0.748. The molecule has 0 bridgehead atoms. The zero-order chi connectivity index (χ0) is 14.1. The fourth-order valence-electron chi connectivity index (χ4n) is 1.77. The fraction of sp³-hybridized carbons (Fsp3) is 0.231. The Morgan fingerprint density at radius 2 is 1.90 bits per heavy atom. The average Bonchev–Trinajstić information content (AvgIpc) is 3.08. The van der Waals surface area contributed by atoms with Crippen LogP contribution in [0.2, 0.25) is 0 Å². The Morgan fingerprint density at radius 3 is 2.55 bits per heavy atom. The van der Waals surface area contributed by atoms with Crippen molar-refractivity contribution in [1.29, 1.82) is 0 Å². The number of nitrogen functional groups attached to an aromatic ring is 1. The molecule has 20 heavy (non-hydrogen) atoms. The van der Waals surface area contributed by atoms with Crippen molar-refractivity contribution < 1.29 is 0 Å². The lowest BCUT2D eigenvalue weighted by atomic mass is 10.1. The molecule has 7 heteroatoms. The topological polar surface area (TPSA) is 82.5 Å². The highest BCUT2D eigenvalue weighted by Gasteiger charge is 2.14. The van der Waals surface area contributed by atoms with Crippen LogP contribution in [0.15, 0.2) is 30.5 Å². The molecule has 3 aromatic rings. The number of benzene rings is 1. The maximum Gasteiger partial charge on any atom is 0.234 e. The van der Waals surface area contributed by atoms with E-state index in [1.807, 2.05) is 24.3 Å². The van der Waals surface area contributed by atoms with Gasteiger partial charge >= 0.3 is 0 Å². The molecule has 0 aliphatic carbocycles. The summed E-state index contributed by atoms with van der Waals surface area (Å²) in [4.78, 5) is 0. The first-order valence-electron chi connectivity index (χ1n) is 6.25. The van der Waals surface area contributed by atoms with Gasteiger partial charge < -0.3 is 5.73 Å². The lowest BCUT2D eigenvalue weighted by molar-refractivity contribution is 0.776. The minimum atomic E-state index is 0.352. The number of hydrogen-bond donors (Lipinski definition) is 1. The van der Waals surface area contributed by atoms with Crippen LogP contribution in [0.1, 0.15) is 24.8 Å². The molecule has 0 atom stereocenters. The standard InChI is InChI=1S/C13H14N6S/c1-8(2)12-16-17-13(20-12)19-11(7-15-18-19)9-3-5-10(14)6-4-9/h3-8H,14H2,1-2H3. The highest BCUT2D eigenvalue weighted by Crippen LogP contribution is 2.26. The molecule has 0 unspecified atom stereocenters. The van der Waals surface area contributed by atoms with Crippen molar-refractivity contribution in [2.45, 2.75) is 19.8 Å². The van der Waals surface area contributed by atoms with Gasteiger partial charge in [0.15, 0.2) is 0 Å². The van der Waals surface area contributed by atoms with E-state index in [0.717, 1.165) is 27.1 Å². The second-order valence-electron chi connectivity index (χ2n) is 4.73. The normalized spacial score (nSPS) is 11.2. The second-order valence-corrected chi connectivity index (χ2v) is 5.72. The zero-order valence-electron chi connectivity index (χ0n) is 11.2. The molecule has 0 radical (unpaired) electrons. The summed E-state index contributed by atoms with van der Waals surface area (Å²) < 4.78 is 1.70. The molecule has 2 N–H and O–H groups in total. The molecule has 102 valence electrons. The first kappa shape index (κ1) is 12.7. The minimum absolute atomic E-state index is 0.352. The predicted octanol–water partition coefficient (Wildman–Crippen LogP) is 2.49. The molecule has 2 heterocycles. The van der Waals surface area contributed by atoms with E-state index in [4.69, 9.17) is 5.73 Å². The highest BCUT2D eigenvalue weighted by molar-refractivity contribution is 7.13. The summed E-state index contributed by atoms with van der Waals surface area (Å²) in [6.07, 6.45) is 1.71. The first-order chi connectivity index (χ1) is 9.65. The third-order valence-corrected chi connectivity index (χ3v) is 4.06. The molecule has 0 amide bonds. The van der Waals surface area contributed by atoms with Crippen LogP contribution in [0.5, 0.6) is 0 Å². The van der Waals surface area contributed by atoms with E-state index in [1.165, 1.54) is 11.3 Å². The minimum Gasteiger partial charge on any atom is -0.399 e. The van der Waals surface area contributed by atoms with Crippen LogP contribution in [0.4, 0.5) is 5.69 Å². The van der Waals surface area contributed by atoms with Crippen molar-refractivity contribution in [1.82, 2.24) is 25.2 Å². The van der Waals surface area contributed by atoms with Crippen LogP contribution in [-0.2, 0) is 0 Å². The number of nitrogens with zero attached hydrogens (tertiary/aromatic N) is 5. The fourth-order valence-corrected chi connectivity index (χ4v) is 2.58. The molecule has 1 aromatic carbocycles. The van der Waals surface area contributed by atoms with Crippen molar-refractivity contribution in [2.75, 3.05) is 5.73 Å². The SMILES string of the molecule is CC(C)c1nnc(-n2nncc2-c2ccc(N)cc2)s1. The smallest absolute Gasteiger partial charge is 0.234 e. The van der Waals surface area contributed by atoms with Crippen LogP contribution in [-0.4, -0.2) is 25.2 Å². The van der Waals surface area contributed by atoms with Gasteiger partial charge in [-0.1, -0.05) is 42.5 Å². The van der Waals surface area contributed by atoms with Gasteiger partial charge in [0, 0.05) is 17.2 Å². The maximum absolute atomic E-state index is 5.71. The molecule has 0 aliphatic rings. The van der Waals surface area contributed by atoms with Crippen LogP contribution in [0.25, 0.3) is 16.4 Å². The summed E-state index contributed by atoms with van der Waals surface area (Å²) in [6, 6.07) is 7.59. The predicted molar refractivity (Wildman–Crippen MR) is 78.8 cm³/mol. The third-order valence-electron chi connectivity index (χ3n) is 2.86. The lowest BCUT2D eigenvalue weighted by Crippen LogP contribution is -1.98. The maximum atomic E-state index is 5.71. The lowest BCUT2D eigenvalue weighted by Gasteiger charge is -2.02. The molecular formula is C13H14N6S. The Morgan fingerprint density at radius 1 is 1.15 bits per heavy atom. The second kappa shape index (κ2) is 5.01. The van der Waals surface area contributed by atoms with Crippen LogP contribution >= 0.6 is 11.3 Å². The van der Waals surface area contributed by atoms with Gasteiger partial charge in [0.2, 0.25) is 5.13 Å². The van der Waals surface area contributed by atoms with Gasteiger partial charge in [-0.15, -0.1) is 15.3 Å². The molecule has 0 aliphatic heterocycles. The first-order valence-corrected chi connectivity index (χ1v) is 7.07. The van der Waals surface area contributed by atoms with E-state index in [-0.39, 0.29) is 0 Å². The van der Waals surface area contributed by atoms with Gasteiger partial charge in [0.1, 0.15) is 5.01 Å². The zero-order valence-corrected chi connectivity index (χ0v) is 12.0. The van der Waals surface area contributed by atoms with E-state index < -0.39 is 0 Å². The number of hydrogen-bond acceptors (Lipinski definition) is 6. The number of nitrogens with two attached hydrogens (primary N) is 1. The Bertz CT molecular complexity index is 713. The largest absolute Gasteiger partial charge is 0.399 e. The van der Waals surface area contributed by atoms with Crippen LogP contribution < -0.4 is 5.73 Å². The number of rotatable bonds is 3. The van der Waals surface area contributed by atoms with Gasteiger partial charge in [-0.3, -0.25) is 0 Å². The number of anilines is 1. The van der Waals surface area contributed by atoms with E-state index in [0.29, 0.717) is 5.92 Å². The van der Waals surface area contributed by atoms with Gasteiger partial charge in [0.25, 0.3) is 0 Å². The average molecular weight is 286 g/mol. The van der Waals surface area contributed by atoms with E-state index in [1.54, 1.807) is 10.9 Å². The van der Waals surface area contributed by atoms with Crippen molar-refractivity contribution in [3.8, 4) is 16.4 Å². The Hall–Kier alpha value is -2.28. The van der Waals surface area contributed by atoms with Gasteiger partial charge in [-0.05, 0) is 12.1 Å². The van der Waals surface area contributed by atoms with Gasteiger partial charge in [-0.2, -0.15) is 4.68 Å². The van der Waals surface area contributed by atoms with E-state index >= 15 is 0 Å². The van der Waals surface area contributed by atoms with E-state index in [9.17, 15) is 0 Å². The van der Waals surface area contributed by atoms with Crippen LogP contribution in [0.3, 0.4) is 0 Å². The van der Waals surface area contributed by atoms with Crippen molar-refractivity contribution in [3.05, 3.63) is 35.5 Å². The summed E-state index contributed by atoms with van der Waals surface area (Å²) in [7, 11) is 0. The van der Waals surface area contributed by atoms with Crippen LogP contribution in [0, 0.1) is 0 Å². The summed E-state index contributed by atoms with van der Waals surface area (Å²) in [5, 5.41) is 18.1.